The Morgan fingerprint density at radius 3 is 2.59 bits per heavy atom. The summed E-state index contributed by atoms with van der Waals surface area (Å²) in [5.41, 5.74) is 0.278. The Morgan fingerprint density at radius 2 is 2.00 bits per heavy atom. The smallest absolute Gasteiger partial charge is 0.0655 e. The molecule has 102 valence electrons. The molecular weight excluding hydrogens is 214 g/mol. The lowest BCUT2D eigenvalue weighted by molar-refractivity contribution is -0.114. The Kier molecular flexibility index (Phi) is 6.45. The molecule has 0 amide bonds. The SMILES string of the molecule is CCCOCCCNC1CC(OCC)C1(C)C. The van der Waals surface area contributed by atoms with Gasteiger partial charge in [-0.2, -0.15) is 0 Å². The van der Waals surface area contributed by atoms with E-state index in [1.807, 2.05) is 0 Å². The average molecular weight is 243 g/mol. The molecule has 0 saturated heterocycles. The van der Waals surface area contributed by atoms with Crippen LogP contribution in [0.2, 0.25) is 0 Å². The predicted molar refractivity (Wildman–Crippen MR) is 71.3 cm³/mol. The van der Waals surface area contributed by atoms with Crippen LogP contribution in [0, 0.1) is 5.41 Å². The molecule has 0 spiro atoms. The van der Waals surface area contributed by atoms with Gasteiger partial charge in [0, 0.05) is 31.3 Å². The number of hydrogen-bond acceptors (Lipinski definition) is 3. The molecule has 0 bridgehead atoms. The second-order valence-corrected chi connectivity index (χ2v) is 5.47. The van der Waals surface area contributed by atoms with Crippen LogP contribution in [0.15, 0.2) is 0 Å². The predicted octanol–water partition coefficient (Wildman–Crippen LogP) is 2.60. The highest BCUT2D eigenvalue weighted by Crippen LogP contribution is 2.42. The molecule has 3 heteroatoms. The average Bonchev–Trinajstić information content (AvgIpc) is 2.31. The van der Waals surface area contributed by atoms with Crippen molar-refractivity contribution in [3.63, 3.8) is 0 Å². The molecule has 3 nitrogen and oxygen atoms in total. The van der Waals surface area contributed by atoms with Gasteiger partial charge in [0.25, 0.3) is 0 Å². The maximum atomic E-state index is 5.72. The van der Waals surface area contributed by atoms with Crippen molar-refractivity contribution >= 4 is 0 Å². The van der Waals surface area contributed by atoms with Gasteiger partial charge in [-0.25, -0.2) is 0 Å². The van der Waals surface area contributed by atoms with Crippen LogP contribution in [-0.2, 0) is 9.47 Å². The molecule has 2 unspecified atom stereocenters. The van der Waals surface area contributed by atoms with E-state index >= 15 is 0 Å². The van der Waals surface area contributed by atoms with E-state index in [9.17, 15) is 0 Å². The molecule has 0 heterocycles. The van der Waals surface area contributed by atoms with Crippen molar-refractivity contribution in [2.45, 2.75) is 59.1 Å². The largest absolute Gasteiger partial charge is 0.381 e. The summed E-state index contributed by atoms with van der Waals surface area (Å²) in [5, 5.41) is 3.61. The van der Waals surface area contributed by atoms with Crippen LogP contribution in [-0.4, -0.2) is 38.5 Å². The van der Waals surface area contributed by atoms with E-state index in [4.69, 9.17) is 9.47 Å². The molecule has 2 atom stereocenters. The van der Waals surface area contributed by atoms with E-state index in [-0.39, 0.29) is 5.41 Å². The van der Waals surface area contributed by atoms with Crippen molar-refractivity contribution in [1.29, 1.82) is 0 Å². The van der Waals surface area contributed by atoms with Gasteiger partial charge in [0.15, 0.2) is 0 Å². The summed E-state index contributed by atoms with van der Waals surface area (Å²) in [6, 6.07) is 0.602. The molecule has 0 aromatic heterocycles. The monoisotopic (exact) mass is 243 g/mol. The second kappa shape index (κ2) is 7.34. The van der Waals surface area contributed by atoms with E-state index in [0.29, 0.717) is 12.1 Å². The molecule has 0 radical (unpaired) electrons. The van der Waals surface area contributed by atoms with Crippen LogP contribution in [0.4, 0.5) is 0 Å². The summed E-state index contributed by atoms with van der Waals surface area (Å²) >= 11 is 0. The quantitative estimate of drug-likeness (QED) is 0.631. The van der Waals surface area contributed by atoms with Crippen LogP contribution in [0.1, 0.15) is 47.0 Å². The van der Waals surface area contributed by atoms with Crippen LogP contribution >= 0.6 is 0 Å². The summed E-state index contributed by atoms with van der Waals surface area (Å²) in [5.74, 6) is 0. The van der Waals surface area contributed by atoms with Gasteiger partial charge in [0.05, 0.1) is 6.10 Å². The lowest BCUT2D eigenvalue weighted by Gasteiger charge is -2.52. The lowest BCUT2D eigenvalue weighted by atomic mass is 9.64. The molecule has 1 N–H and O–H groups in total. The van der Waals surface area contributed by atoms with Crippen LogP contribution < -0.4 is 5.32 Å². The normalized spacial score (nSPS) is 26.8. The Bertz CT molecular complexity index is 206. The van der Waals surface area contributed by atoms with Crippen molar-refractivity contribution in [3.05, 3.63) is 0 Å². The van der Waals surface area contributed by atoms with Gasteiger partial charge in [0.1, 0.15) is 0 Å². The highest BCUT2D eigenvalue weighted by Gasteiger charge is 2.48. The van der Waals surface area contributed by atoms with Crippen LogP contribution in [0.3, 0.4) is 0 Å². The maximum absolute atomic E-state index is 5.72. The molecule has 0 aromatic carbocycles. The molecule has 0 aromatic rings. The van der Waals surface area contributed by atoms with E-state index in [0.717, 1.165) is 45.6 Å². The van der Waals surface area contributed by atoms with E-state index in [1.165, 1.54) is 0 Å². The molecule has 17 heavy (non-hydrogen) atoms. The number of nitrogens with one attached hydrogen (secondary N) is 1. The zero-order valence-electron chi connectivity index (χ0n) is 11.9. The molecule has 1 fully saturated rings. The van der Waals surface area contributed by atoms with E-state index < -0.39 is 0 Å². The molecule has 1 aliphatic carbocycles. The minimum Gasteiger partial charge on any atom is -0.381 e. The Morgan fingerprint density at radius 1 is 1.24 bits per heavy atom. The lowest BCUT2D eigenvalue weighted by Crippen LogP contribution is -2.61. The fourth-order valence-electron chi connectivity index (χ4n) is 2.41. The van der Waals surface area contributed by atoms with E-state index in [2.05, 4.69) is 33.0 Å². The van der Waals surface area contributed by atoms with Gasteiger partial charge in [-0.15, -0.1) is 0 Å². The van der Waals surface area contributed by atoms with E-state index in [1.54, 1.807) is 0 Å². The highest BCUT2D eigenvalue weighted by atomic mass is 16.5. The number of rotatable bonds is 9. The molecule has 1 saturated carbocycles. The summed E-state index contributed by atoms with van der Waals surface area (Å²) in [6.45, 7) is 12.4. The number of hydrogen-bond donors (Lipinski definition) is 1. The topological polar surface area (TPSA) is 30.5 Å². The van der Waals surface area contributed by atoms with Crippen LogP contribution in [0.25, 0.3) is 0 Å². The summed E-state index contributed by atoms with van der Waals surface area (Å²) in [7, 11) is 0. The minimum atomic E-state index is 0.278. The van der Waals surface area contributed by atoms with Crippen molar-refractivity contribution in [3.8, 4) is 0 Å². The second-order valence-electron chi connectivity index (χ2n) is 5.47. The number of ether oxygens (including phenoxy) is 2. The van der Waals surface area contributed by atoms with Gasteiger partial charge in [-0.1, -0.05) is 20.8 Å². The van der Waals surface area contributed by atoms with Crippen LogP contribution in [0.5, 0.6) is 0 Å². The van der Waals surface area contributed by atoms with Crippen molar-refractivity contribution in [1.82, 2.24) is 5.32 Å². The zero-order valence-corrected chi connectivity index (χ0v) is 11.9. The fourth-order valence-corrected chi connectivity index (χ4v) is 2.41. The first-order chi connectivity index (χ1) is 8.12. The summed E-state index contributed by atoms with van der Waals surface area (Å²) in [6.07, 6.45) is 3.79. The first-order valence-electron chi connectivity index (χ1n) is 7.05. The van der Waals surface area contributed by atoms with Gasteiger partial charge in [-0.05, 0) is 32.7 Å². The molecular formula is C14H29NO2. The summed E-state index contributed by atoms with van der Waals surface area (Å²) < 4.78 is 11.2. The standard InChI is InChI=1S/C14H29NO2/c1-5-9-16-10-7-8-15-12-11-13(17-6-2)14(12,3)4/h12-13,15H,5-11H2,1-4H3. The third kappa shape index (κ3) is 4.23. The molecule has 1 aliphatic rings. The van der Waals surface area contributed by atoms with Gasteiger partial charge in [0.2, 0.25) is 0 Å². The fraction of sp³-hybridized carbons (Fsp3) is 1.00. The molecule has 0 aliphatic heterocycles. The first-order valence-corrected chi connectivity index (χ1v) is 7.05. The van der Waals surface area contributed by atoms with Crippen molar-refractivity contribution < 1.29 is 9.47 Å². The molecule has 1 rings (SSSR count). The first kappa shape index (κ1) is 14.9. The Balaban J connectivity index is 2.05. The third-order valence-electron chi connectivity index (χ3n) is 3.75. The zero-order chi connectivity index (χ0) is 12.7. The highest BCUT2D eigenvalue weighted by molar-refractivity contribution is 5.02. The maximum Gasteiger partial charge on any atom is 0.0655 e. The minimum absolute atomic E-state index is 0.278. The summed E-state index contributed by atoms with van der Waals surface area (Å²) in [4.78, 5) is 0. The Hall–Kier alpha value is -0.120. The van der Waals surface area contributed by atoms with Gasteiger partial charge in [-0.3, -0.25) is 0 Å². The van der Waals surface area contributed by atoms with Crippen molar-refractivity contribution in [2.75, 3.05) is 26.4 Å². The third-order valence-corrected chi connectivity index (χ3v) is 3.75. The van der Waals surface area contributed by atoms with Gasteiger partial charge >= 0.3 is 0 Å². The van der Waals surface area contributed by atoms with Gasteiger partial charge < -0.3 is 14.8 Å². The Labute approximate surface area is 106 Å². The van der Waals surface area contributed by atoms with Crippen molar-refractivity contribution in [2.24, 2.45) is 5.41 Å².